The minimum Gasteiger partial charge on any atom is -0.372 e. The Balaban J connectivity index is 1.59. The summed E-state index contributed by atoms with van der Waals surface area (Å²) in [5.41, 5.74) is 1.78. The number of nitrogens with zero attached hydrogens (tertiary/aromatic N) is 2. The Labute approximate surface area is 163 Å². The third-order valence-electron chi connectivity index (χ3n) is 5.60. The van der Waals surface area contributed by atoms with E-state index in [1.165, 1.54) is 29.8 Å². The van der Waals surface area contributed by atoms with Crippen LogP contribution in [0, 0.1) is 5.92 Å². The molecule has 1 N–H and O–H groups in total. The minimum atomic E-state index is -3.40. The Morgan fingerprint density at radius 2 is 1.70 bits per heavy atom. The molecule has 2 aliphatic rings. The van der Waals surface area contributed by atoms with Gasteiger partial charge in [-0.15, -0.1) is 0 Å². The van der Waals surface area contributed by atoms with Gasteiger partial charge in [0.25, 0.3) is 0 Å². The Hall–Kier alpha value is -1.76. The number of nitrogens with one attached hydrogen (secondary N) is 1. The Morgan fingerprint density at radius 1 is 1.07 bits per heavy atom. The average Bonchev–Trinajstić information content (AvgIpc) is 3.20. The summed E-state index contributed by atoms with van der Waals surface area (Å²) in [4.78, 5) is 14.6. The van der Waals surface area contributed by atoms with Crippen LogP contribution in [0.5, 0.6) is 0 Å². The lowest BCUT2D eigenvalue weighted by molar-refractivity contribution is -0.125. The number of hydrogen-bond acceptors (Lipinski definition) is 4. The fraction of sp³-hybridized carbons (Fsp3) is 0.650. The van der Waals surface area contributed by atoms with Crippen LogP contribution >= 0.6 is 0 Å². The van der Waals surface area contributed by atoms with Crippen molar-refractivity contribution in [1.82, 2.24) is 5.32 Å². The van der Waals surface area contributed by atoms with E-state index in [0.717, 1.165) is 44.5 Å². The van der Waals surface area contributed by atoms with Gasteiger partial charge >= 0.3 is 0 Å². The van der Waals surface area contributed by atoms with Crippen molar-refractivity contribution in [3.05, 3.63) is 24.3 Å². The number of rotatable bonds is 7. The molecule has 2 fully saturated rings. The van der Waals surface area contributed by atoms with E-state index < -0.39 is 10.0 Å². The topological polar surface area (TPSA) is 69.7 Å². The lowest BCUT2D eigenvalue weighted by Crippen LogP contribution is -2.40. The lowest BCUT2D eigenvalue weighted by Gasteiger charge is -2.25. The molecule has 1 amide bonds. The fourth-order valence-electron chi connectivity index (χ4n) is 4.08. The lowest BCUT2D eigenvalue weighted by atomic mass is 9.89. The number of hydrogen-bond donors (Lipinski definition) is 1. The van der Waals surface area contributed by atoms with Crippen molar-refractivity contribution in [1.29, 1.82) is 0 Å². The van der Waals surface area contributed by atoms with Crippen molar-refractivity contribution in [2.75, 3.05) is 41.6 Å². The SMILES string of the molecule is CS(=O)(=O)N(CCNC(=O)C1CCCCC1)c1ccc(N2CCCC2)cc1. The van der Waals surface area contributed by atoms with E-state index in [1.807, 2.05) is 24.3 Å². The van der Waals surface area contributed by atoms with Gasteiger partial charge < -0.3 is 10.2 Å². The number of carbonyl (C=O) groups is 1. The van der Waals surface area contributed by atoms with Crippen molar-refractivity contribution >= 4 is 27.3 Å². The molecule has 1 heterocycles. The molecule has 1 saturated heterocycles. The molecule has 1 aromatic carbocycles. The van der Waals surface area contributed by atoms with Gasteiger partial charge in [0.1, 0.15) is 0 Å². The second kappa shape index (κ2) is 8.95. The van der Waals surface area contributed by atoms with E-state index in [9.17, 15) is 13.2 Å². The van der Waals surface area contributed by atoms with Crippen LogP contribution in [-0.2, 0) is 14.8 Å². The normalized spacial score (nSPS) is 18.5. The molecule has 0 unspecified atom stereocenters. The molecule has 3 rings (SSSR count). The van der Waals surface area contributed by atoms with E-state index in [2.05, 4.69) is 10.2 Å². The molecule has 1 aliphatic carbocycles. The number of anilines is 2. The van der Waals surface area contributed by atoms with Gasteiger partial charge in [-0.25, -0.2) is 8.42 Å². The zero-order valence-electron chi connectivity index (χ0n) is 16.2. The van der Waals surface area contributed by atoms with Crippen LogP contribution in [0.3, 0.4) is 0 Å². The molecule has 0 bridgehead atoms. The highest BCUT2D eigenvalue weighted by Crippen LogP contribution is 2.25. The highest BCUT2D eigenvalue weighted by molar-refractivity contribution is 7.92. The number of benzene rings is 1. The summed E-state index contributed by atoms with van der Waals surface area (Å²) < 4.78 is 25.9. The smallest absolute Gasteiger partial charge is 0.232 e. The van der Waals surface area contributed by atoms with E-state index in [-0.39, 0.29) is 18.4 Å². The standard InChI is InChI=1S/C20H31N3O3S/c1-27(25,26)23(16-13-21-20(24)17-7-3-2-4-8-17)19-11-9-18(10-12-19)22-14-5-6-15-22/h9-12,17H,2-8,13-16H2,1H3,(H,21,24). The molecule has 0 spiro atoms. The number of amides is 1. The molecule has 0 aromatic heterocycles. The molecular weight excluding hydrogens is 362 g/mol. The molecule has 7 heteroatoms. The third-order valence-corrected chi connectivity index (χ3v) is 6.79. The zero-order valence-corrected chi connectivity index (χ0v) is 17.0. The van der Waals surface area contributed by atoms with Gasteiger partial charge in [-0.2, -0.15) is 0 Å². The Bertz CT molecular complexity index is 721. The molecular formula is C20H31N3O3S. The van der Waals surface area contributed by atoms with E-state index >= 15 is 0 Å². The van der Waals surface area contributed by atoms with Gasteiger partial charge in [-0.1, -0.05) is 19.3 Å². The van der Waals surface area contributed by atoms with Crippen LogP contribution in [0.1, 0.15) is 44.9 Å². The Kier molecular flexibility index (Phi) is 6.63. The van der Waals surface area contributed by atoms with Gasteiger partial charge in [0, 0.05) is 31.2 Å². The van der Waals surface area contributed by atoms with Crippen LogP contribution in [0.25, 0.3) is 0 Å². The first-order chi connectivity index (χ1) is 12.9. The summed E-state index contributed by atoms with van der Waals surface area (Å²) in [6, 6.07) is 7.69. The maximum absolute atomic E-state index is 12.3. The first-order valence-corrected chi connectivity index (χ1v) is 11.9. The zero-order chi connectivity index (χ0) is 19.3. The molecule has 6 nitrogen and oxygen atoms in total. The average molecular weight is 394 g/mol. The van der Waals surface area contributed by atoms with Gasteiger partial charge in [-0.3, -0.25) is 9.10 Å². The first-order valence-electron chi connectivity index (χ1n) is 10.1. The summed E-state index contributed by atoms with van der Waals surface area (Å²) in [7, 11) is -3.40. The van der Waals surface area contributed by atoms with Crippen LogP contribution in [0.4, 0.5) is 11.4 Å². The van der Waals surface area contributed by atoms with Crippen molar-refractivity contribution in [2.45, 2.75) is 44.9 Å². The van der Waals surface area contributed by atoms with Gasteiger partial charge in [0.2, 0.25) is 15.9 Å². The van der Waals surface area contributed by atoms with Crippen LogP contribution in [0.15, 0.2) is 24.3 Å². The van der Waals surface area contributed by atoms with Gasteiger partial charge in [0.15, 0.2) is 0 Å². The predicted molar refractivity (Wildman–Crippen MR) is 110 cm³/mol. The van der Waals surface area contributed by atoms with Crippen molar-refractivity contribution in [2.24, 2.45) is 5.92 Å². The van der Waals surface area contributed by atoms with E-state index in [0.29, 0.717) is 12.2 Å². The molecule has 150 valence electrons. The van der Waals surface area contributed by atoms with Crippen LogP contribution < -0.4 is 14.5 Å². The Morgan fingerprint density at radius 3 is 2.30 bits per heavy atom. The molecule has 1 aromatic rings. The summed E-state index contributed by atoms with van der Waals surface area (Å²) in [5, 5.41) is 2.93. The first kappa shape index (κ1) is 20.0. The van der Waals surface area contributed by atoms with Gasteiger partial charge in [-0.05, 0) is 49.9 Å². The largest absolute Gasteiger partial charge is 0.372 e. The van der Waals surface area contributed by atoms with Crippen LogP contribution in [-0.4, -0.2) is 46.8 Å². The molecule has 0 atom stereocenters. The summed E-state index contributed by atoms with van der Waals surface area (Å²) >= 11 is 0. The second-order valence-corrected chi connectivity index (χ2v) is 9.58. The number of carbonyl (C=O) groups excluding carboxylic acids is 1. The molecule has 1 saturated carbocycles. The molecule has 27 heavy (non-hydrogen) atoms. The third kappa shape index (κ3) is 5.37. The van der Waals surface area contributed by atoms with Crippen molar-refractivity contribution in [3.8, 4) is 0 Å². The van der Waals surface area contributed by atoms with E-state index in [1.54, 1.807) is 0 Å². The van der Waals surface area contributed by atoms with Crippen LogP contribution in [0.2, 0.25) is 0 Å². The maximum atomic E-state index is 12.3. The highest BCUT2D eigenvalue weighted by Gasteiger charge is 2.22. The fourth-order valence-corrected chi connectivity index (χ4v) is 5.01. The summed E-state index contributed by atoms with van der Waals surface area (Å²) in [5.74, 6) is 0.151. The minimum absolute atomic E-state index is 0.0625. The number of sulfonamides is 1. The summed E-state index contributed by atoms with van der Waals surface area (Å²) in [6.07, 6.45) is 8.94. The quantitative estimate of drug-likeness (QED) is 0.773. The van der Waals surface area contributed by atoms with Crippen molar-refractivity contribution < 1.29 is 13.2 Å². The van der Waals surface area contributed by atoms with Gasteiger partial charge in [0.05, 0.1) is 18.5 Å². The highest BCUT2D eigenvalue weighted by atomic mass is 32.2. The second-order valence-electron chi connectivity index (χ2n) is 7.67. The molecule has 0 radical (unpaired) electrons. The molecule has 1 aliphatic heterocycles. The monoisotopic (exact) mass is 393 g/mol. The summed E-state index contributed by atoms with van der Waals surface area (Å²) in [6.45, 7) is 2.70. The van der Waals surface area contributed by atoms with Crippen molar-refractivity contribution in [3.63, 3.8) is 0 Å². The van der Waals surface area contributed by atoms with E-state index in [4.69, 9.17) is 0 Å². The maximum Gasteiger partial charge on any atom is 0.232 e. The predicted octanol–water partition coefficient (Wildman–Crippen LogP) is 2.75.